The minimum Gasteiger partial charge on any atom is -0.496 e. The lowest BCUT2D eigenvalue weighted by Gasteiger charge is -2.12. The van der Waals surface area contributed by atoms with Gasteiger partial charge in [0.05, 0.1) is 35.0 Å². The molecular weight excluding hydrogens is 504 g/mol. The van der Waals surface area contributed by atoms with Crippen molar-refractivity contribution in [1.29, 1.82) is 0 Å². The van der Waals surface area contributed by atoms with Crippen molar-refractivity contribution in [2.24, 2.45) is 0 Å². The van der Waals surface area contributed by atoms with Gasteiger partial charge in [-0.05, 0) is 73.2 Å². The van der Waals surface area contributed by atoms with Crippen molar-refractivity contribution < 1.29 is 28.4 Å². The highest BCUT2D eigenvalue weighted by Crippen LogP contribution is 2.33. The Morgan fingerprint density at radius 2 is 1.02 bits per heavy atom. The molecule has 214 valence electrons. The predicted octanol–water partition coefficient (Wildman–Crippen LogP) is 7.96. The van der Waals surface area contributed by atoms with Gasteiger partial charge in [-0.1, -0.05) is 48.9 Å². The molecule has 3 aromatic rings. The molecule has 0 heterocycles. The first-order chi connectivity index (χ1) is 19.5. The normalized spacial score (nSPS) is 11.2. The molecule has 0 aliphatic heterocycles. The molecule has 0 aromatic heterocycles. The summed E-state index contributed by atoms with van der Waals surface area (Å²) < 4.78 is 33.5. The molecule has 0 bridgehead atoms. The summed E-state index contributed by atoms with van der Waals surface area (Å²) in [6, 6.07) is 16.0. The number of rotatable bonds is 16. The number of hydrogen-bond donors (Lipinski definition) is 0. The molecule has 0 aliphatic carbocycles. The van der Waals surface area contributed by atoms with Gasteiger partial charge in [0.2, 0.25) is 0 Å². The maximum atomic E-state index is 5.98. The van der Waals surface area contributed by atoms with E-state index in [9.17, 15) is 0 Å². The highest BCUT2D eigenvalue weighted by atomic mass is 16.5. The molecule has 0 saturated heterocycles. The van der Waals surface area contributed by atoms with Crippen LogP contribution in [0.5, 0.6) is 28.7 Å². The minimum absolute atomic E-state index is 0.660. The molecule has 0 fully saturated rings. The first-order valence-electron chi connectivity index (χ1n) is 13.6. The number of methoxy groups -OCH3 is 5. The van der Waals surface area contributed by atoms with Crippen LogP contribution in [0, 0.1) is 6.92 Å². The molecule has 6 heteroatoms. The number of hydrogen-bond acceptors (Lipinski definition) is 6. The van der Waals surface area contributed by atoms with Crippen LogP contribution in [0.2, 0.25) is 0 Å². The highest BCUT2D eigenvalue weighted by Gasteiger charge is 2.09. The Morgan fingerprint density at radius 3 is 1.57 bits per heavy atom. The van der Waals surface area contributed by atoms with Gasteiger partial charge in [0.25, 0.3) is 0 Å². The van der Waals surface area contributed by atoms with Gasteiger partial charge >= 0.3 is 0 Å². The molecule has 0 radical (unpaired) electrons. The Bertz CT molecular complexity index is 1280. The lowest BCUT2D eigenvalue weighted by Crippen LogP contribution is -2.00. The fraction of sp³-hybridized carbons (Fsp3) is 0.353. The van der Waals surface area contributed by atoms with Crippen molar-refractivity contribution in [2.75, 3.05) is 48.8 Å². The predicted molar refractivity (Wildman–Crippen MR) is 164 cm³/mol. The summed E-state index contributed by atoms with van der Waals surface area (Å²) in [4.78, 5) is 0. The van der Waals surface area contributed by atoms with Gasteiger partial charge in [-0.25, -0.2) is 0 Å². The summed E-state index contributed by atoms with van der Waals surface area (Å²) in [5.74, 6) is 3.81. The van der Waals surface area contributed by atoms with Gasteiger partial charge in [0.15, 0.2) is 11.5 Å². The molecule has 6 nitrogen and oxygen atoms in total. The van der Waals surface area contributed by atoms with Gasteiger partial charge < -0.3 is 28.4 Å². The topological polar surface area (TPSA) is 55.4 Å². The molecule has 0 saturated carbocycles. The average molecular weight is 547 g/mol. The maximum absolute atomic E-state index is 5.98. The third-order valence-corrected chi connectivity index (χ3v) is 6.61. The van der Waals surface area contributed by atoms with Gasteiger partial charge in [0.1, 0.15) is 17.2 Å². The Kier molecular flexibility index (Phi) is 12.5. The Labute approximate surface area is 239 Å². The molecule has 0 amide bonds. The molecule has 0 unspecified atom stereocenters. The van der Waals surface area contributed by atoms with Crippen molar-refractivity contribution in [3.63, 3.8) is 0 Å². The van der Waals surface area contributed by atoms with Crippen molar-refractivity contribution >= 4 is 24.3 Å². The molecule has 0 aliphatic rings. The van der Waals surface area contributed by atoms with Gasteiger partial charge in [-0.15, -0.1) is 0 Å². The van der Waals surface area contributed by atoms with Crippen molar-refractivity contribution in [1.82, 2.24) is 0 Å². The van der Waals surface area contributed by atoms with E-state index in [2.05, 4.69) is 6.07 Å². The third kappa shape index (κ3) is 8.82. The second-order valence-electron chi connectivity index (χ2n) is 9.40. The molecule has 0 atom stereocenters. The van der Waals surface area contributed by atoms with Gasteiger partial charge in [0, 0.05) is 24.8 Å². The van der Waals surface area contributed by atoms with Gasteiger partial charge in [-0.3, -0.25) is 0 Å². The highest BCUT2D eigenvalue weighted by molar-refractivity contribution is 5.79. The summed E-state index contributed by atoms with van der Waals surface area (Å²) in [7, 11) is 8.42. The van der Waals surface area contributed by atoms with Crippen LogP contribution in [0.3, 0.4) is 0 Å². The Balaban J connectivity index is 1.73. The number of ether oxygens (including phenoxy) is 6. The first kappa shape index (κ1) is 30.6. The second-order valence-corrected chi connectivity index (χ2v) is 9.40. The van der Waals surface area contributed by atoms with Crippen LogP contribution in [0.4, 0.5) is 0 Å². The summed E-state index contributed by atoms with van der Waals surface area (Å²) in [5.41, 5.74) is 4.94. The average Bonchev–Trinajstić information content (AvgIpc) is 2.99. The van der Waals surface area contributed by atoms with E-state index in [0.717, 1.165) is 83.1 Å². The number of aryl methyl sites for hydroxylation is 1. The number of unbranched alkanes of at least 4 members (excludes halogenated alkanes) is 3. The van der Waals surface area contributed by atoms with Crippen molar-refractivity contribution in [2.45, 2.75) is 32.6 Å². The zero-order valence-corrected chi connectivity index (χ0v) is 24.6. The monoisotopic (exact) mass is 546 g/mol. The van der Waals surface area contributed by atoms with Crippen LogP contribution in [0.15, 0.2) is 48.5 Å². The largest absolute Gasteiger partial charge is 0.496 e. The van der Waals surface area contributed by atoms with E-state index in [4.69, 9.17) is 28.4 Å². The fourth-order valence-corrected chi connectivity index (χ4v) is 4.31. The van der Waals surface area contributed by atoms with Crippen LogP contribution in [-0.4, -0.2) is 48.8 Å². The van der Waals surface area contributed by atoms with Crippen molar-refractivity contribution in [3.8, 4) is 28.7 Å². The molecule has 0 N–H and O–H groups in total. The molecular formula is C34H42O6. The van der Waals surface area contributed by atoms with E-state index in [1.807, 2.05) is 73.7 Å². The lowest BCUT2D eigenvalue weighted by atomic mass is 10.0. The van der Waals surface area contributed by atoms with Crippen LogP contribution in [-0.2, 0) is 4.74 Å². The second kappa shape index (κ2) is 16.3. The Morgan fingerprint density at radius 1 is 0.500 bits per heavy atom. The van der Waals surface area contributed by atoms with Crippen molar-refractivity contribution in [3.05, 3.63) is 76.3 Å². The van der Waals surface area contributed by atoms with Crippen LogP contribution < -0.4 is 23.7 Å². The standard InChI is InChI=1S/C34H42O6/c1-25-11-12-26(21-31(25)36-3)13-16-28-23-33(38-5)29(24-32(28)37-4)17-14-27-15-18-30(34(22-27)39-6)40-20-10-8-7-9-19-35-2/h11-18,21-24H,7-10,19-20H2,1-6H3. The minimum atomic E-state index is 0.660. The number of benzene rings is 3. The van der Waals surface area contributed by atoms with E-state index in [1.54, 1.807) is 35.5 Å². The molecule has 40 heavy (non-hydrogen) atoms. The Hall–Kier alpha value is -3.90. The summed E-state index contributed by atoms with van der Waals surface area (Å²) in [6.07, 6.45) is 12.4. The molecule has 3 aromatic carbocycles. The van der Waals surface area contributed by atoms with Crippen LogP contribution in [0.1, 0.15) is 53.5 Å². The summed E-state index contributed by atoms with van der Waals surface area (Å²) in [6.45, 7) is 3.50. The van der Waals surface area contributed by atoms with E-state index >= 15 is 0 Å². The van der Waals surface area contributed by atoms with E-state index in [-0.39, 0.29) is 0 Å². The lowest BCUT2D eigenvalue weighted by molar-refractivity contribution is 0.191. The van der Waals surface area contributed by atoms with Crippen LogP contribution >= 0.6 is 0 Å². The summed E-state index contributed by atoms with van der Waals surface area (Å²) in [5, 5.41) is 0. The molecule has 3 rings (SSSR count). The van der Waals surface area contributed by atoms with E-state index in [0.29, 0.717) is 12.4 Å². The van der Waals surface area contributed by atoms with E-state index in [1.165, 1.54) is 0 Å². The summed E-state index contributed by atoms with van der Waals surface area (Å²) >= 11 is 0. The SMILES string of the molecule is COCCCCCCOc1ccc(C=Cc2cc(OC)c(C=Cc3ccc(C)c(OC)c3)cc2OC)cc1OC. The van der Waals surface area contributed by atoms with Gasteiger partial charge in [-0.2, -0.15) is 0 Å². The smallest absolute Gasteiger partial charge is 0.161 e. The third-order valence-electron chi connectivity index (χ3n) is 6.61. The molecule has 0 spiro atoms. The zero-order chi connectivity index (χ0) is 28.7. The fourth-order valence-electron chi connectivity index (χ4n) is 4.31. The maximum Gasteiger partial charge on any atom is 0.161 e. The first-order valence-corrected chi connectivity index (χ1v) is 13.6. The van der Waals surface area contributed by atoms with Crippen LogP contribution in [0.25, 0.3) is 24.3 Å². The quantitative estimate of drug-likeness (QED) is 0.134. The zero-order valence-electron chi connectivity index (χ0n) is 24.6. The van der Waals surface area contributed by atoms with E-state index < -0.39 is 0 Å².